The van der Waals surface area contributed by atoms with Gasteiger partial charge in [-0.25, -0.2) is 9.37 Å². The Morgan fingerprint density at radius 3 is 2.63 bits per heavy atom. The maximum Gasteiger partial charge on any atom is 0.351 e. The molecule has 1 aromatic carbocycles. The maximum atomic E-state index is 13.3. The number of fused-ring (bicyclic) bond motifs is 1. The fraction of sp³-hybridized carbons (Fsp3) is 0.333. The van der Waals surface area contributed by atoms with Crippen LogP contribution >= 0.6 is 0 Å². The lowest BCUT2D eigenvalue weighted by Gasteiger charge is -2.31. The molecule has 2 aromatic heterocycles. The molecule has 0 spiro atoms. The number of H-pyrrole nitrogens is 1. The van der Waals surface area contributed by atoms with Crippen molar-refractivity contribution >= 4 is 11.4 Å². The molecule has 3 aromatic rings. The Labute approximate surface area is 156 Å². The largest absolute Gasteiger partial charge is 0.388 e. The molecule has 1 saturated carbocycles. The van der Waals surface area contributed by atoms with Crippen LogP contribution in [0.1, 0.15) is 42.7 Å². The zero-order chi connectivity index (χ0) is 18.9. The standard InChI is InChI=1S/C21H22FN3O2/c22-16-9-7-15(8-10-16)18-17-6-2-5-13-25(17)19(24-18)20(26)23-14-21(27)11-3-1-4-12-21/h2,5-10,13,27H,1,3-4,11-12,14H2,(H,23,26)/p+1. The number of carbonyl (C=O) groups excluding carboxylic acids is 1. The number of nitrogens with zero attached hydrogens (tertiary/aromatic N) is 1. The molecule has 27 heavy (non-hydrogen) atoms. The van der Waals surface area contributed by atoms with Crippen molar-refractivity contribution in [2.24, 2.45) is 0 Å². The third kappa shape index (κ3) is 3.57. The molecule has 140 valence electrons. The van der Waals surface area contributed by atoms with Crippen LogP contribution in [0.3, 0.4) is 0 Å². The predicted molar refractivity (Wildman–Crippen MR) is 99.7 cm³/mol. The van der Waals surface area contributed by atoms with E-state index in [0.717, 1.165) is 36.0 Å². The quantitative estimate of drug-likeness (QED) is 0.620. The van der Waals surface area contributed by atoms with Crippen LogP contribution in [0.2, 0.25) is 0 Å². The van der Waals surface area contributed by atoms with Gasteiger partial charge in [-0.1, -0.05) is 25.3 Å². The number of aliphatic hydroxyl groups is 1. The SMILES string of the molecule is O=C(NCC1(O)CCCCC1)c1[nH]c(-c2ccc(F)cc2)c2cccc[n+]12. The molecule has 2 heterocycles. The van der Waals surface area contributed by atoms with Crippen LogP contribution in [0, 0.1) is 5.82 Å². The number of halogens is 1. The van der Waals surface area contributed by atoms with Crippen molar-refractivity contribution < 1.29 is 18.7 Å². The van der Waals surface area contributed by atoms with E-state index < -0.39 is 5.60 Å². The van der Waals surface area contributed by atoms with Gasteiger partial charge in [-0.2, -0.15) is 4.40 Å². The highest BCUT2D eigenvalue weighted by molar-refractivity contribution is 5.91. The first-order chi connectivity index (χ1) is 13.1. The molecule has 5 nitrogen and oxygen atoms in total. The van der Waals surface area contributed by atoms with Crippen LogP contribution in [0.25, 0.3) is 16.8 Å². The summed E-state index contributed by atoms with van der Waals surface area (Å²) >= 11 is 0. The number of carbonyl (C=O) groups is 1. The van der Waals surface area contributed by atoms with E-state index in [4.69, 9.17) is 0 Å². The number of rotatable bonds is 4. The van der Waals surface area contributed by atoms with Crippen molar-refractivity contribution in [3.63, 3.8) is 0 Å². The highest BCUT2D eigenvalue weighted by Crippen LogP contribution is 2.27. The van der Waals surface area contributed by atoms with Gasteiger partial charge in [0, 0.05) is 12.1 Å². The van der Waals surface area contributed by atoms with Gasteiger partial charge < -0.3 is 10.4 Å². The summed E-state index contributed by atoms with van der Waals surface area (Å²) in [6, 6.07) is 11.8. The summed E-state index contributed by atoms with van der Waals surface area (Å²) in [5.74, 6) is -0.200. The third-order valence-corrected chi connectivity index (χ3v) is 5.31. The molecule has 0 bridgehead atoms. The number of nitrogens with one attached hydrogen (secondary N) is 2. The third-order valence-electron chi connectivity index (χ3n) is 5.31. The van der Waals surface area contributed by atoms with E-state index in [9.17, 15) is 14.3 Å². The van der Waals surface area contributed by atoms with Crippen LogP contribution in [0.4, 0.5) is 4.39 Å². The second kappa shape index (κ2) is 7.12. The average Bonchev–Trinajstić information content (AvgIpc) is 3.07. The van der Waals surface area contributed by atoms with Crippen molar-refractivity contribution in [3.05, 3.63) is 60.3 Å². The van der Waals surface area contributed by atoms with Crippen LogP contribution in [-0.2, 0) is 0 Å². The summed E-state index contributed by atoms with van der Waals surface area (Å²) in [6.45, 7) is 0.242. The molecule has 1 aliphatic rings. The summed E-state index contributed by atoms with van der Waals surface area (Å²) in [6.07, 6.45) is 6.35. The summed E-state index contributed by atoms with van der Waals surface area (Å²) in [5.41, 5.74) is 1.55. The molecule has 6 heteroatoms. The Kier molecular flexibility index (Phi) is 4.66. The molecule has 0 unspecified atom stereocenters. The number of hydrogen-bond acceptors (Lipinski definition) is 2. The van der Waals surface area contributed by atoms with E-state index in [1.54, 1.807) is 16.5 Å². The Morgan fingerprint density at radius 2 is 1.89 bits per heavy atom. The van der Waals surface area contributed by atoms with Gasteiger partial charge in [-0.3, -0.25) is 4.79 Å². The Bertz CT molecular complexity index is 959. The van der Waals surface area contributed by atoms with Crippen LogP contribution in [0.5, 0.6) is 0 Å². The van der Waals surface area contributed by atoms with Gasteiger partial charge in [0.25, 0.3) is 0 Å². The molecule has 1 amide bonds. The fourth-order valence-corrected chi connectivity index (χ4v) is 3.80. The van der Waals surface area contributed by atoms with Gasteiger partial charge in [0.1, 0.15) is 5.82 Å². The average molecular weight is 368 g/mol. The molecule has 1 aliphatic carbocycles. The second-order valence-electron chi connectivity index (χ2n) is 7.28. The number of imidazole rings is 1. The molecule has 4 rings (SSSR count). The first kappa shape index (κ1) is 17.7. The summed E-state index contributed by atoms with van der Waals surface area (Å²) in [7, 11) is 0. The molecule has 0 radical (unpaired) electrons. The Balaban J connectivity index is 1.63. The topological polar surface area (TPSA) is 69.2 Å². The molecule has 0 atom stereocenters. The summed E-state index contributed by atoms with van der Waals surface area (Å²) in [5, 5.41) is 13.5. The van der Waals surface area contributed by atoms with Crippen LogP contribution < -0.4 is 9.72 Å². The number of amides is 1. The normalized spacial score (nSPS) is 16.4. The van der Waals surface area contributed by atoms with Gasteiger partial charge in [-0.05, 0) is 49.2 Å². The van der Waals surface area contributed by atoms with Crippen LogP contribution in [-0.4, -0.2) is 28.1 Å². The van der Waals surface area contributed by atoms with E-state index in [1.807, 2.05) is 24.4 Å². The van der Waals surface area contributed by atoms with Crippen LogP contribution in [0.15, 0.2) is 48.7 Å². The lowest BCUT2D eigenvalue weighted by molar-refractivity contribution is -0.513. The van der Waals surface area contributed by atoms with Crippen molar-refractivity contribution in [2.75, 3.05) is 6.54 Å². The minimum Gasteiger partial charge on any atom is -0.388 e. The zero-order valence-electron chi connectivity index (χ0n) is 15.0. The molecular weight excluding hydrogens is 345 g/mol. The smallest absolute Gasteiger partial charge is 0.351 e. The number of benzene rings is 1. The molecular formula is C21H23FN3O2+. The Hall–Kier alpha value is -2.73. The van der Waals surface area contributed by atoms with Crippen molar-refractivity contribution in [1.82, 2.24) is 10.3 Å². The first-order valence-electron chi connectivity index (χ1n) is 9.35. The first-order valence-corrected chi connectivity index (χ1v) is 9.35. The molecule has 3 N–H and O–H groups in total. The van der Waals surface area contributed by atoms with Crippen molar-refractivity contribution in [2.45, 2.75) is 37.7 Å². The minimum atomic E-state index is -0.819. The van der Waals surface area contributed by atoms with Crippen molar-refractivity contribution in [1.29, 1.82) is 0 Å². The number of aromatic nitrogens is 2. The van der Waals surface area contributed by atoms with Gasteiger partial charge in [0.15, 0.2) is 11.2 Å². The highest BCUT2D eigenvalue weighted by Gasteiger charge is 2.32. The lowest BCUT2D eigenvalue weighted by Crippen LogP contribution is -2.46. The van der Waals surface area contributed by atoms with Gasteiger partial charge in [0.05, 0.1) is 11.8 Å². The number of hydrogen-bond donors (Lipinski definition) is 3. The van der Waals surface area contributed by atoms with E-state index in [-0.39, 0.29) is 18.3 Å². The van der Waals surface area contributed by atoms with E-state index in [1.165, 1.54) is 12.1 Å². The van der Waals surface area contributed by atoms with E-state index in [0.29, 0.717) is 18.7 Å². The Morgan fingerprint density at radius 1 is 1.15 bits per heavy atom. The summed E-state index contributed by atoms with van der Waals surface area (Å²) < 4.78 is 15.0. The van der Waals surface area contributed by atoms with Gasteiger partial charge in [0.2, 0.25) is 0 Å². The highest BCUT2D eigenvalue weighted by atomic mass is 19.1. The zero-order valence-corrected chi connectivity index (χ0v) is 15.0. The maximum absolute atomic E-state index is 13.3. The molecule has 0 aliphatic heterocycles. The monoisotopic (exact) mass is 368 g/mol. The number of aromatic amines is 1. The predicted octanol–water partition coefficient (Wildman–Crippen LogP) is 2.98. The second-order valence-corrected chi connectivity index (χ2v) is 7.28. The van der Waals surface area contributed by atoms with Gasteiger partial charge >= 0.3 is 11.7 Å². The minimum absolute atomic E-state index is 0.242. The fourth-order valence-electron chi connectivity index (χ4n) is 3.80. The molecule has 0 saturated heterocycles. The lowest BCUT2D eigenvalue weighted by atomic mass is 9.85. The number of pyridine rings is 1. The van der Waals surface area contributed by atoms with E-state index in [2.05, 4.69) is 10.3 Å². The summed E-state index contributed by atoms with van der Waals surface area (Å²) in [4.78, 5) is 16.0. The van der Waals surface area contributed by atoms with E-state index >= 15 is 0 Å². The van der Waals surface area contributed by atoms with Crippen molar-refractivity contribution in [3.8, 4) is 11.3 Å². The molecule has 1 fully saturated rings. The van der Waals surface area contributed by atoms with Gasteiger partial charge in [-0.15, -0.1) is 0 Å².